The Morgan fingerprint density at radius 2 is 2.45 bits per heavy atom. The summed E-state index contributed by atoms with van der Waals surface area (Å²) in [5.74, 6) is 0. The molecule has 0 bridgehead atoms. The van der Waals surface area contributed by atoms with E-state index in [0.29, 0.717) is 0 Å². The molecule has 0 spiro atoms. The summed E-state index contributed by atoms with van der Waals surface area (Å²) in [5.41, 5.74) is 0. The van der Waals surface area contributed by atoms with Crippen LogP contribution in [0.3, 0.4) is 0 Å². The van der Waals surface area contributed by atoms with Crippen molar-refractivity contribution in [3.05, 3.63) is 12.7 Å². The highest BCUT2D eigenvalue weighted by molar-refractivity contribution is 6.37. The zero-order valence-corrected chi connectivity index (χ0v) is 8.72. The first-order valence-corrected chi connectivity index (χ1v) is 6.62. The molecule has 1 atom stereocenters. The Morgan fingerprint density at radius 3 is 2.91 bits per heavy atom. The molecule has 1 aliphatic rings. The lowest BCUT2D eigenvalue weighted by Crippen LogP contribution is -2.40. The fourth-order valence-corrected chi connectivity index (χ4v) is 3.12. The van der Waals surface area contributed by atoms with Gasteiger partial charge in [0, 0.05) is 6.61 Å². The molecule has 1 rings (SSSR count). The standard InChI is InChI=1S/C9H17OSi/c1-3-6-9(11-2)7-4-5-8-10-9/h1,3H,4-8,11H2,2H3. The monoisotopic (exact) mass is 169 g/mol. The highest BCUT2D eigenvalue weighted by Crippen LogP contribution is 2.27. The number of rotatable bonds is 3. The average Bonchev–Trinajstić information content (AvgIpc) is 2.07. The van der Waals surface area contributed by atoms with E-state index in [1.807, 2.05) is 0 Å². The Labute approximate surface area is 71.7 Å². The summed E-state index contributed by atoms with van der Waals surface area (Å²) in [6, 6.07) is 0. The van der Waals surface area contributed by atoms with Crippen LogP contribution in [0.5, 0.6) is 0 Å². The molecule has 2 heteroatoms. The topological polar surface area (TPSA) is 9.23 Å². The minimum atomic E-state index is -0.0831. The predicted molar refractivity (Wildman–Crippen MR) is 50.4 cm³/mol. The van der Waals surface area contributed by atoms with Crippen LogP contribution in [-0.2, 0) is 4.74 Å². The Hall–Kier alpha value is -0.0831. The molecule has 1 saturated heterocycles. The van der Waals surface area contributed by atoms with Crippen molar-refractivity contribution in [3.8, 4) is 0 Å². The molecule has 1 nitrogen and oxygen atoms in total. The Balaban J connectivity index is 2.49. The van der Waals surface area contributed by atoms with Crippen LogP contribution in [0.25, 0.3) is 0 Å². The van der Waals surface area contributed by atoms with Gasteiger partial charge in [-0.15, -0.1) is 0 Å². The molecule has 63 valence electrons. The third kappa shape index (κ3) is 2.17. The van der Waals surface area contributed by atoms with E-state index in [1.165, 1.54) is 19.3 Å². The zero-order valence-electron chi connectivity index (χ0n) is 7.31. The van der Waals surface area contributed by atoms with Crippen LogP contribution in [0.4, 0.5) is 0 Å². The van der Waals surface area contributed by atoms with Crippen molar-refractivity contribution in [1.82, 2.24) is 0 Å². The normalized spacial score (nSPS) is 32.8. The van der Waals surface area contributed by atoms with Gasteiger partial charge in [-0.1, -0.05) is 19.2 Å². The van der Waals surface area contributed by atoms with Gasteiger partial charge in [0.2, 0.25) is 0 Å². The van der Waals surface area contributed by atoms with Crippen molar-refractivity contribution in [2.75, 3.05) is 6.61 Å². The van der Waals surface area contributed by atoms with Crippen molar-refractivity contribution in [3.63, 3.8) is 0 Å². The smallest absolute Gasteiger partial charge is 0.0568 e. The van der Waals surface area contributed by atoms with Crippen LogP contribution in [0.15, 0.2) is 6.08 Å². The summed E-state index contributed by atoms with van der Waals surface area (Å²) in [5, 5.41) is 0.229. The van der Waals surface area contributed by atoms with Crippen molar-refractivity contribution >= 4 is 9.52 Å². The minimum Gasteiger partial charge on any atom is -0.379 e. The highest BCUT2D eigenvalue weighted by Gasteiger charge is 2.29. The van der Waals surface area contributed by atoms with Gasteiger partial charge in [0.25, 0.3) is 0 Å². The van der Waals surface area contributed by atoms with Crippen LogP contribution in [0.2, 0.25) is 6.55 Å². The van der Waals surface area contributed by atoms with Crippen molar-refractivity contribution < 1.29 is 4.74 Å². The maximum atomic E-state index is 5.81. The van der Waals surface area contributed by atoms with Crippen molar-refractivity contribution in [2.24, 2.45) is 0 Å². The number of ether oxygens (including phenoxy) is 1. The van der Waals surface area contributed by atoms with Gasteiger partial charge in [0.1, 0.15) is 0 Å². The van der Waals surface area contributed by atoms with Crippen LogP contribution < -0.4 is 0 Å². The molecule has 1 unspecified atom stereocenters. The summed E-state index contributed by atoms with van der Waals surface area (Å²) in [7, 11) is -0.0831. The molecule has 0 N–H and O–H groups in total. The van der Waals surface area contributed by atoms with Gasteiger partial charge in [-0.3, -0.25) is 0 Å². The Bertz CT molecular complexity index is 128. The summed E-state index contributed by atoms with van der Waals surface area (Å²) < 4.78 is 5.81. The van der Waals surface area contributed by atoms with Gasteiger partial charge in [0.15, 0.2) is 0 Å². The summed E-state index contributed by atoms with van der Waals surface area (Å²) in [6.45, 7) is 8.70. The van der Waals surface area contributed by atoms with E-state index in [2.05, 4.69) is 6.55 Å². The van der Waals surface area contributed by atoms with Crippen LogP contribution in [0.1, 0.15) is 25.7 Å². The molecule has 0 aromatic carbocycles. The third-order valence-electron chi connectivity index (χ3n) is 2.57. The van der Waals surface area contributed by atoms with E-state index in [1.54, 1.807) is 6.08 Å². The molecule has 1 radical (unpaired) electrons. The maximum absolute atomic E-state index is 5.81. The summed E-state index contributed by atoms with van der Waals surface area (Å²) in [4.78, 5) is 0. The maximum Gasteiger partial charge on any atom is 0.0568 e. The number of hydrogen-bond donors (Lipinski definition) is 0. The number of hydrogen-bond acceptors (Lipinski definition) is 1. The fraction of sp³-hybridized carbons (Fsp3) is 0.778. The van der Waals surface area contributed by atoms with Gasteiger partial charge in [-0.25, -0.2) is 0 Å². The first-order chi connectivity index (χ1) is 5.33. The molecule has 0 amide bonds. The third-order valence-corrected chi connectivity index (χ3v) is 4.70. The second-order valence-corrected chi connectivity index (χ2v) is 5.28. The van der Waals surface area contributed by atoms with Gasteiger partial charge >= 0.3 is 0 Å². The molecular weight excluding hydrogens is 152 g/mol. The molecule has 1 heterocycles. The predicted octanol–water partition coefficient (Wildman–Crippen LogP) is 1.48. The van der Waals surface area contributed by atoms with Crippen LogP contribution in [0, 0.1) is 6.58 Å². The molecule has 0 aliphatic carbocycles. The van der Waals surface area contributed by atoms with Crippen LogP contribution in [-0.4, -0.2) is 21.4 Å². The SMILES string of the molecule is [CH]=CCC1([SiH2]C)CCCCO1. The second-order valence-electron chi connectivity index (χ2n) is 3.28. The minimum absolute atomic E-state index is 0.0831. The Morgan fingerprint density at radius 1 is 1.64 bits per heavy atom. The first-order valence-electron chi connectivity index (χ1n) is 4.50. The van der Waals surface area contributed by atoms with Crippen molar-refractivity contribution in [2.45, 2.75) is 37.5 Å². The second kappa shape index (κ2) is 4.07. The average molecular weight is 169 g/mol. The van der Waals surface area contributed by atoms with Gasteiger partial charge in [-0.05, 0) is 25.7 Å². The van der Waals surface area contributed by atoms with Gasteiger partial charge in [0.05, 0.1) is 14.7 Å². The fourth-order valence-electron chi connectivity index (χ4n) is 1.71. The summed E-state index contributed by atoms with van der Waals surface area (Å²) >= 11 is 0. The Kier molecular flexibility index (Phi) is 3.33. The highest BCUT2D eigenvalue weighted by atomic mass is 28.2. The molecule has 0 saturated carbocycles. The summed E-state index contributed by atoms with van der Waals surface area (Å²) in [6.07, 6.45) is 6.54. The largest absolute Gasteiger partial charge is 0.379 e. The molecule has 1 fully saturated rings. The van der Waals surface area contributed by atoms with E-state index in [4.69, 9.17) is 11.3 Å². The lowest BCUT2D eigenvalue weighted by Gasteiger charge is -2.35. The van der Waals surface area contributed by atoms with E-state index in [-0.39, 0.29) is 14.7 Å². The molecule has 1 aliphatic heterocycles. The van der Waals surface area contributed by atoms with E-state index >= 15 is 0 Å². The lowest BCUT2D eigenvalue weighted by atomic mass is 10.1. The van der Waals surface area contributed by atoms with Crippen molar-refractivity contribution in [1.29, 1.82) is 0 Å². The van der Waals surface area contributed by atoms with Crippen LogP contribution >= 0.6 is 0 Å². The zero-order chi connectivity index (χ0) is 8.16. The molecular formula is C9H17OSi. The van der Waals surface area contributed by atoms with Gasteiger partial charge in [-0.2, -0.15) is 0 Å². The first kappa shape index (κ1) is 9.01. The molecule has 0 aromatic rings. The molecule has 11 heavy (non-hydrogen) atoms. The quantitative estimate of drug-likeness (QED) is 0.582. The molecule has 0 aromatic heterocycles. The van der Waals surface area contributed by atoms with Gasteiger partial charge < -0.3 is 4.74 Å². The van der Waals surface area contributed by atoms with E-state index < -0.39 is 0 Å². The van der Waals surface area contributed by atoms with E-state index in [9.17, 15) is 0 Å². The van der Waals surface area contributed by atoms with E-state index in [0.717, 1.165) is 13.0 Å². The lowest BCUT2D eigenvalue weighted by molar-refractivity contribution is -0.0175.